The van der Waals surface area contributed by atoms with Gasteiger partial charge in [0.25, 0.3) is 5.91 Å². The topological polar surface area (TPSA) is 80.9 Å². The number of allylic oxidation sites excluding steroid dienone is 1. The summed E-state index contributed by atoms with van der Waals surface area (Å²) in [4.78, 5) is 13.2. The van der Waals surface area contributed by atoms with E-state index in [4.69, 9.17) is 26.4 Å². The van der Waals surface area contributed by atoms with Crippen molar-refractivity contribution in [2.75, 3.05) is 26.6 Å². The van der Waals surface area contributed by atoms with Gasteiger partial charge >= 0.3 is 0 Å². The highest BCUT2D eigenvalue weighted by Crippen LogP contribution is 2.40. The standard InChI is InChI=1S/C21H22BrN3O4S/c1-11-18(20(26)24-13-7-5-12(22)6-8-13)19(25-21(30)23-11)14-9-16(28-3)17(29-4)10-15(14)27-2/h5-10,19H,1-4H3,(H,24,26)(H2,23,25,30). The molecule has 2 aromatic rings. The molecule has 0 fully saturated rings. The monoisotopic (exact) mass is 491 g/mol. The Morgan fingerprint density at radius 2 is 1.63 bits per heavy atom. The summed E-state index contributed by atoms with van der Waals surface area (Å²) in [6, 6.07) is 10.3. The van der Waals surface area contributed by atoms with E-state index in [0.717, 1.165) is 4.47 Å². The van der Waals surface area contributed by atoms with Crippen molar-refractivity contribution in [2.45, 2.75) is 13.0 Å². The third kappa shape index (κ3) is 4.52. The summed E-state index contributed by atoms with van der Waals surface area (Å²) in [6.45, 7) is 1.81. The van der Waals surface area contributed by atoms with E-state index in [2.05, 4.69) is 31.9 Å². The van der Waals surface area contributed by atoms with Crippen LogP contribution < -0.4 is 30.2 Å². The molecule has 7 nitrogen and oxygen atoms in total. The predicted octanol–water partition coefficient (Wildman–Crippen LogP) is 3.91. The van der Waals surface area contributed by atoms with E-state index in [0.29, 0.717) is 44.9 Å². The molecule has 0 radical (unpaired) electrons. The summed E-state index contributed by atoms with van der Waals surface area (Å²) < 4.78 is 17.3. The number of amides is 1. The third-order valence-corrected chi connectivity index (χ3v) is 5.41. The first-order valence-electron chi connectivity index (χ1n) is 9.03. The molecule has 0 bridgehead atoms. The maximum Gasteiger partial charge on any atom is 0.255 e. The van der Waals surface area contributed by atoms with Gasteiger partial charge in [0.05, 0.1) is 32.9 Å². The molecule has 1 aliphatic rings. The van der Waals surface area contributed by atoms with Crippen LogP contribution in [0.4, 0.5) is 5.69 Å². The van der Waals surface area contributed by atoms with Crippen LogP contribution >= 0.6 is 28.1 Å². The van der Waals surface area contributed by atoms with E-state index in [9.17, 15) is 4.79 Å². The Labute approximate surface area is 188 Å². The molecule has 9 heteroatoms. The number of methoxy groups -OCH3 is 3. The van der Waals surface area contributed by atoms with Gasteiger partial charge < -0.3 is 30.2 Å². The summed E-state index contributed by atoms with van der Waals surface area (Å²) in [5.41, 5.74) is 2.50. The minimum absolute atomic E-state index is 0.265. The second-order valence-corrected chi connectivity index (χ2v) is 7.80. The van der Waals surface area contributed by atoms with Crippen LogP contribution in [-0.4, -0.2) is 32.3 Å². The molecule has 158 valence electrons. The van der Waals surface area contributed by atoms with E-state index >= 15 is 0 Å². The molecule has 1 amide bonds. The molecule has 1 aliphatic heterocycles. The largest absolute Gasteiger partial charge is 0.496 e. The molecule has 1 unspecified atom stereocenters. The molecular formula is C21H22BrN3O4S. The maximum absolute atomic E-state index is 13.2. The van der Waals surface area contributed by atoms with Gasteiger partial charge in [-0.05, 0) is 49.5 Å². The number of nitrogens with one attached hydrogen (secondary N) is 3. The number of ether oxygens (including phenoxy) is 3. The van der Waals surface area contributed by atoms with Gasteiger partial charge in [0.2, 0.25) is 0 Å². The number of thiocarbonyl (C=S) groups is 1. The van der Waals surface area contributed by atoms with Crippen molar-refractivity contribution < 1.29 is 19.0 Å². The number of hydrogen-bond acceptors (Lipinski definition) is 5. The second-order valence-electron chi connectivity index (χ2n) is 6.48. The lowest BCUT2D eigenvalue weighted by Crippen LogP contribution is -2.45. The lowest BCUT2D eigenvalue weighted by atomic mass is 9.93. The van der Waals surface area contributed by atoms with Gasteiger partial charge in [-0.2, -0.15) is 0 Å². The highest BCUT2D eigenvalue weighted by atomic mass is 79.9. The van der Waals surface area contributed by atoms with Crippen molar-refractivity contribution in [3.63, 3.8) is 0 Å². The Morgan fingerprint density at radius 1 is 1.03 bits per heavy atom. The molecule has 0 spiro atoms. The van der Waals surface area contributed by atoms with E-state index in [1.54, 1.807) is 33.5 Å². The number of rotatable bonds is 6. The molecule has 0 aliphatic carbocycles. The van der Waals surface area contributed by atoms with Gasteiger partial charge in [-0.1, -0.05) is 15.9 Å². The fraction of sp³-hybridized carbons (Fsp3) is 0.238. The zero-order chi connectivity index (χ0) is 21.8. The highest BCUT2D eigenvalue weighted by Gasteiger charge is 2.33. The molecule has 3 rings (SSSR count). The SMILES string of the molecule is COc1cc(OC)c(C2NC(=S)NC(C)=C2C(=O)Nc2ccc(Br)cc2)cc1OC. The number of halogens is 1. The quantitative estimate of drug-likeness (QED) is 0.528. The number of hydrogen-bond donors (Lipinski definition) is 3. The van der Waals surface area contributed by atoms with Crippen molar-refractivity contribution in [3.05, 3.63) is 57.7 Å². The minimum Gasteiger partial charge on any atom is -0.496 e. The van der Waals surface area contributed by atoms with Gasteiger partial charge in [-0.15, -0.1) is 0 Å². The lowest BCUT2D eigenvalue weighted by Gasteiger charge is -2.31. The van der Waals surface area contributed by atoms with Crippen LogP contribution in [0.25, 0.3) is 0 Å². The maximum atomic E-state index is 13.2. The van der Waals surface area contributed by atoms with Crippen molar-refractivity contribution in [3.8, 4) is 17.2 Å². The number of benzene rings is 2. The average molecular weight is 492 g/mol. The summed E-state index contributed by atoms with van der Waals surface area (Å²) in [6.07, 6.45) is 0. The van der Waals surface area contributed by atoms with Crippen molar-refractivity contribution in [1.29, 1.82) is 0 Å². The van der Waals surface area contributed by atoms with Crippen LogP contribution in [0.5, 0.6) is 17.2 Å². The number of carbonyl (C=O) groups excluding carboxylic acids is 1. The van der Waals surface area contributed by atoms with Gasteiger partial charge in [0.1, 0.15) is 5.75 Å². The van der Waals surface area contributed by atoms with Crippen LogP contribution in [-0.2, 0) is 4.79 Å². The molecule has 30 heavy (non-hydrogen) atoms. The smallest absolute Gasteiger partial charge is 0.255 e. The van der Waals surface area contributed by atoms with Crippen LogP contribution in [0.15, 0.2) is 52.1 Å². The van der Waals surface area contributed by atoms with E-state index in [1.807, 2.05) is 31.2 Å². The Bertz CT molecular complexity index is 1010. The summed E-state index contributed by atoms with van der Waals surface area (Å²) in [7, 11) is 4.66. The van der Waals surface area contributed by atoms with Crippen LogP contribution in [0, 0.1) is 0 Å². The first-order chi connectivity index (χ1) is 14.4. The number of anilines is 1. The minimum atomic E-state index is -0.552. The van der Waals surface area contributed by atoms with Crippen LogP contribution in [0.3, 0.4) is 0 Å². The van der Waals surface area contributed by atoms with E-state index < -0.39 is 6.04 Å². The van der Waals surface area contributed by atoms with Crippen molar-refractivity contribution in [1.82, 2.24) is 10.6 Å². The van der Waals surface area contributed by atoms with Gasteiger partial charge in [0.15, 0.2) is 16.6 Å². The Morgan fingerprint density at radius 3 is 2.23 bits per heavy atom. The molecule has 0 saturated heterocycles. The molecule has 1 atom stereocenters. The normalized spacial score (nSPS) is 15.8. The summed E-state index contributed by atoms with van der Waals surface area (Å²) >= 11 is 8.74. The molecular weight excluding hydrogens is 470 g/mol. The van der Waals surface area contributed by atoms with Crippen molar-refractivity contribution >= 4 is 44.9 Å². The molecule has 0 saturated carbocycles. The first-order valence-corrected chi connectivity index (χ1v) is 10.2. The summed E-state index contributed by atoms with van der Waals surface area (Å²) in [5, 5.41) is 9.54. The van der Waals surface area contributed by atoms with Crippen molar-refractivity contribution in [2.24, 2.45) is 0 Å². The molecule has 1 heterocycles. The Kier molecular flexibility index (Phi) is 6.84. The summed E-state index contributed by atoms with van der Waals surface area (Å²) in [5.74, 6) is 1.32. The Balaban J connectivity index is 2.05. The number of carbonyl (C=O) groups is 1. The molecule has 0 aromatic heterocycles. The van der Waals surface area contributed by atoms with Crippen LogP contribution in [0.1, 0.15) is 18.5 Å². The zero-order valence-electron chi connectivity index (χ0n) is 17.0. The highest BCUT2D eigenvalue weighted by molar-refractivity contribution is 9.10. The zero-order valence-corrected chi connectivity index (χ0v) is 19.4. The van der Waals surface area contributed by atoms with Gasteiger partial charge in [0, 0.05) is 27.5 Å². The van der Waals surface area contributed by atoms with E-state index in [1.165, 1.54) is 0 Å². The third-order valence-electron chi connectivity index (χ3n) is 4.66. The Hall–Kier alpha value is -2.78. The average Bonchev–Trinajstić information content (AvgIpc) is 2.73. The molecule has 2 aromatic carbocycles. The lowest BCUT2D eigenvalue weighted by molar-refractivity contribution is -0.113. The van der Waals surface area contributed by atoms with Gasteiger partial charge in [-0.3, -0.25) is 4.79 Å². The van der Waals surface area contributed by atoms with Gasteiger partial charge in [-0.25, -0.2) is 0 Å². The second kappa shape index (κ2) is 9.36. The predicted molar refractivity (Wildman–Crippen MR) is 123 cm³/mol. The fourth-order valence-corrected chi connectivity index (χ4v) is 3.77. The fourth-order valence-electron chi connectivity index (χ4n) is 3.24. The molecule has 3 N–H and O–H groups in total. The van der Waals surface area contributed by atoms with Crippen LogP contribution in [0.2, 0.25) is 0 Å². The van der Waals surface area contributed by atoms with E-state index in [-0.39, 0.29) is 5.91 Å². The first kappa shape index (κ1) is 21.9.